The Hall–Kier alpha value is -9.16. The van der Waals surface area contributed by atoms with E-state index in [1.807, 2.05) is 78.9 Å². The lowest BCUT2D eigenvalue weighted by Crippen LogP contribution is -2.03. The van der Waals surface area contributed by atoms with Gasteiger partial charge in [-0.05, 0) is 125 Å². The van der Waals surface area contributed by atoms with Gasteiger partial charge in [-0.1, -0.05) is 146 Å². The third-order valence-corrected chi connectivity index (χ3v) is 12.7. The molecule has 11 rings (SSSR count). The Bertz CT molecular complexity index is 3550. The van der Waals surface area contributed by atoms with Crippen molar-refractivity contribution >= 4 is 21.8 Å². The third kappa shape index (κ3) is 7.51. The zero-order valence-electron chi connectivity index (χ0n) is 36.9. The SMILES string of the molecule is Cc1ccccc1-c1ccc2c(c1)c1cc(-c3ccccc3C)ccc1n2-c1c(-c2cccc(C#N)c2)cc(-c2nc(-c3ccccc3)cc(-c3ccccc3)n2)cc1-c1cccc(C#N)c1. The Morgan fingerprint density at radius 2 is 0.776 bits per heavy atom. The van der Waals surface area contributed by atoms with Gasteiger partial charge in [0.25, 0.3) is 0 Å². The molecule has 2 aromatic heterocycles. The number of rotatable bonds is 8. The first-order valence-electron chi connectivity index (χ1n) is 22.3. The number of fused-ring (bicyclic) bond motifs is 3. The van der Waals surface area contributed by atoms with Crippen LogP contribution in [0, 0.1) is 36.5 Å². The van der Waals surface area contributed by atoms with Crippen molar-refractivity contribution in [2.45, 2.75) is 13.8 Å². The minimum atomic E-state index is 0.545. The lowest BCUT2D eigenvalue weighted by atomic mass is 9.91. The van der Waals surface area contributed by atoms with Crippen LogP contribution in [0.2, 0.25) is 0 Å². The summed E-state index contributed by atoms with van der Waals surface area (Å²) in [4.78, 5) is 10.6. The van der Waals surface area contributed by atoms with Crippen LogP contribution >= 0.6 is 0 Å². The van der Waals surface area contributed by atoms with Crippen LogP contribution in [0.5, 0.6) is 0 Å². The fourth-order valence-corrected chi connectivity index (χ4v) is 9.44. The van der Waals surface area contributed by atoms with Gasteiger partial charge in [0.1, 0.15) is 0 Å². The largest absolute Gasteiger partial charge is 0.308 e. The molecule has 0 unspecified atom stereocenters. The van der Waals surface area contributed by atoms with Gasteiger partial charge in [0.05, 0.1) is 51.4 Å². The van der Waals surface area contributed by atoms with Crippen molar-refractivity contribution in [3.63, 3.8) is 0 Å². The highest BCUT2D eigenvalue weighted by atomic mass is 15.0. The van der Waals surface area contributed by atoms with E-state index in [0.717, 1.165) is 89.0 Å². The molecule has 0 saturated carbocycles. The summed E-state index contributed by atoms with van der Waals surface area (Å²) >= 11 is 0. The monoisotopic (exact) mass is 855 g/mol. The predicted molar refractivity (Wildman–Crippen MR) is 273 cm³/mol. The summed E-state index contributed by atoms with van der Waals surface area (Å²) in [6.07, 6.45) is 0. The van der Waals surface area contributed by atoms with E-state index in [-0.39, 0.29) is 0 Å². The summed E-state index contributed by atoms with van der Waals surface area (Å²) in [5.41, 5.74) is 18.9. The van der Waals surface area contributed by atoms with E-state index in [0.29, 0.717) is 17.0 Å². The van der Waals surface area contributed by atoms with Crippen LogP contribution in [0.4, 0.5) is 0 Å². The fourth-order valence-electron chi connectivity index (χ4n) is 9.44. The topological polar surface area (TPSA) is 78.3 Å². The number of aromatic nitrogens is 3. The molecule has 67 heavy (non-hydrogen) atoms. The zero-order valence-corrected chi connectivity index (χ0v) is 36.9. The van der Waals surface area contributed by atoms with E-state index >= 15 is 0 Å². The van der Waals surface area contributed by atoms with Crippen molar-refractivity contribution in [2.24, 2.45) is 0 Å². The highest BCUT2D eigenvalue weighted by Gasteiger charge is 2.24. The number of nitrogens with zero attached hydrogens (tertiary/aromatic N) is 5. The van der Waals surface area contributed by atoms with Crippen molar-refractivity contribution in [3.8, 4) is 96.2 Å². The average Bonchev–Trinajstić information content (AvgIpc) is 3.71. The number of nitriles is 2. The van der Waals surface area contributed by atoms with Gasteiger partial charge in [-0.15, -0.1) is 0 Å². The van der Waals surface area contributed by atoms with Gasteiger partial charge in [0.2, 0.25) is 0 Å². The van der Waals surface area contributed by atoms with Crippen LogP contribution in [0.1, 0.15) is 22.3 Å². The van der Waals surface area contributed by atoms with Crippen LogP contribution in [0.25, 0.3) is 106 Å². The predicted octanol–water partition coefficient (Wildman–Crippen LogP) is 15.6. The summed E-state index contributed by atoms with van der Waals surface area (Å²) in [5.74, 6) is 0.551. The molecule has 11 aromatic rings. The minimum Gasteiger partial charge on any atom is -0.308 e. The molecule has 0 aliphatic rings. The first-order chi connectivity index (χ1) is 32.9. The zero-order chi connectivity index (χ0) is 45.4. The molecule has 0 N–H and O–H groups in total. The summed E-state index contributed by atoms with van der Waals surface area (Å²) in [6.45, 7) is 4.32. The van der Waals surface area contributed by atoms with Crippen molar-refractivity contribution in [2.75, 3.05) is 0 Å². The van der Waals surface area contributed by atoms with Gasteiger partial charge in [-0.3, -0.25) is 0 Å². The van der Waals surface area contributed by atoms with Crippen LogP contribution in [-0.4, -0.2) is 14.5 Å². The highest BCUT2D eigenvalue weighted by Crippen LogP contribution is 2.46. The molecule has 0 amide bonds. The van der Waals surface area contributed by atoms with Gasteiger partial charge in [-0.2, -0.15) is 10.5 Å². The quantitative estimate of drug-likeness (QED) is 0.152. The molecule has 314 valence electrons. The molecule has 5 nitrogen and oxygen atoms in total. The van der Waals surface area contributed by atoms with E-state index in [4.69, 9.17) is 9.97 Å². The first kappa shape index (κ1) is 40.6. The Morgan fingerprint density at radius 3 is 1.22 bits per heavy atom. The van der Waals surface area contributed by atoms with Crippen LogP contribution in [0.15, 0.2) is 212 Å². The van der Waals surface area contributed by atoms with Crippen LogP contribution in [0.3, 0.4) is 0 Å². The van der Waals surface area contributed by atoms with Crippen LogP contribution < -0.4 is 0 Å². The maximum atomic E-state index is 10.3. The smallest absolute Gasteiger partial charge is 0.160 e. The molecule has 0 aliphatic heterocycles. The molecule has 0 saturated heterocycles. The average molecular weight is 856 g/mol. The van der Waals surface area contributed by atoms with E-state index in [2.05, 4.69) is 164 Å². The summed E-state index contributed by atoms with van der Waals surface area (Å²) in [6, 6.07) is 77.8. The second kappa shape index (κ2) is 17.1. The Morgan fingerprint density at radius 1 is 0.358 bits per heavy atom. The van der Waals surface area contributed by atoms with E-state index in [1.165, 1.54) is 22.3 Å². The minimum absolute atomic E-state index is 0.545. The fraction of sp³-hybridized carbons (Fsp3) is 0.0323. The van der Waals surface area contributed by atoms with Crippen molar-refractivity contribution in [3.05, 3.63) is 235 Å². The van der Waals surface area contributed by atoms with Crippen molar-refractivity contribution < 1.29 is 0 Å². The standard InChI is InChI=1S/C62H41N5/c1-40-15-9-11-25-51(40)48-27-29-59-55(33-48)56-34-49(52-26-12-10-16-41(52)2)28-30-60(56)67(59)61-53(46-23-13-17-42(31-46)38-63)35-50(36-54(61)47-24-14-18-43(32-47)39-64)62-65-57(44-19-5-3-6-20-44)37-58(66-62)45-21-7-4-8-22-45/h3-37H,1-2H3. The normalized spacial score (nSPS) is 11.1. The maximum absolute atomic E-state index is 10.3. The number of benzene rings is 9. The number of hydrogen-bond acceptors (Lipinski definition) is 4. The molecule has 0 atom stereocenters. The highest BCUT2D eigenvalue weighted by molar-refractivity contribution is 6.13. The van der Waals surface area contributed by atoms with Gasteiger partial charge in [0, 0.05) is 38.6 Å². The molecule has 0 bridgehead atoms. The molecule has 0 fully saturated rings. The number of hydrogen-bond donors (Lipinski definition) is 0. The third-order valence-electron chi connectivity index (χ3n) is 12.7. The van der Waals surface area contributed by atoms with Crippen LogP contribution in [-0.2, 0) is 0 Å². The summed E-state index contributed by atoms with van der Waals surface area (Å²) in [5, 5.41) is 22.8. The number of aryl methyl sites for hydroxylation is 2. The van der Waals surface area contributed by atoms with E-state index < -0.39 is 0 Å². The van der Waals surface area contributed by atoms with Crippen molar-refractivity contribution in [1.29, 1.82) is 10.5 Å². The molecule has 0 spiro atoms. The van der Waals surface area contributed by atoms with Gasteiger partial charge in [0.15, 0.2) is 5.82 Å². The Labute approximate surface area is 389 Å². The maximum Gasteiger partial charge on any atom is 0.160 e. The molecule has 0 aliphatic carbocycles. The second-order valence-corrected chi connectivity index (χ2v) is 16.9. The second-order valence-electron chi connectivity index (χ2n) is 16.9. The van der Waals surface area contributed by atoms with Gasteiger partial charge >= 0.3 is 0 Å². The molecule has 2 heterocycles. The molecule has 9 aromatic carbocycles. The Kier molecular flexibility index (Phi) is 10.4. The van der Waals surface area contributed by atoms with E-state index in [1.54, 1.807) is 0 Å². The lowest BCUT2D eigenvalue weighted by Gasteiger charge is -2.21. The van der Waals surface area contributed by atoms with Gasteiger partial charge in [-0.25, -0.2) is 9.97 Å². The first-order valence-corrected chi connectivity index (χ1v) is 22.3. The molecular weight excluding hydrogens is 815 g/mol. The summed E-state index contributed by atoms with van der Waals surface area (Å²) in [7, 11) is 0. The van der Waals surface area contributed by atoms with E-state index in [9.17, 15) is 10.5 Å². The van der Waals surface area contributed by atoms with Crippen molar-refractivity contribution in [1.82, 2.24) is 14.5 Å². The summed E-state index contributed by atoms with van der Waals surface area (Å²) < 4.78 is 2.37. The molecular formula is C62H41N5. The Balaban J connectivity index is 1.28. The van der Waals surface area contributed by atoms with Gasteiger partial charge < -0.3 is 4.57 Å². The molecule has 0 radical (unpaired) electrons. The lowest BCUT2D eigenvalue weighted by molar-refractivity contribution is 1.16. The molecule has 5 heteroatoms.